The van der Waals surface area contributed by atoms with E-state index in [0.29, 0.717) is 51.7 Å². The van der Waals surface area contributed by atoms with E-state index >= 15 is 0 Å². The molecule has 9 N–H and O–H groups in total. The van der Waals surface area contributed by atoms with Crippen LogP contribution in [-0.4, -0.2) is 99.9 Å². The molecule has 2 aliphatic rings. The van der Waals surface area contributed by atoms with Crippen LogP contribution in [0.15, 0.2) is 0 Å². The lowest BCUT2D eigenvalue weighted by molar-refractivity contribution is -0.149. The minimum atomic E-state index is -1.07. The van der Waals surface area contributed by atoms with Crippen molar-refractivity contribution in [3.05, 3.63) is 0 Å². The summed E-state index contributed by atoms with van der Waals surface area (Å²) in [5, 5.41) is 29.3. The molecule has 2 heterocycles. The molecule has 0 aliphatic carbocycles. The van der Waals surface area contributed by atoms with Crippen molar-refractivity contribution in [2.24, 2.45) is 11.5 Å². The molecule has 0 spiro atoms. The van der Waals surface area contributed by atoms with Crippen molar-refractivity contribution in [2.75, 3.05) is 26.2 Å². The summed E-state index contributed by atoms with van der Waals surface area (Å²) in [5.41, 5.74) is 10.7. The molecule has 3 amide bonds. The van der Waals surface area contributed by atoms with Gasteiger partial charge in [0, 0.05) is 26.6 Å². The van der Waals surface area contributed by atoms with E-state index in [-0.39, 0.29) is 24.8 Å². The van der Waals surface area contributed by atoms with Gasteiger partial charge in [0.1, 0.15) is 18.1 Å². The van der Waals surface area contributed by atoms with E-state index in [1.807, 2.05) is 0 Å². The van der Waals surface area contributed by atoms with Gasteiger partial charge in [-0.15, -0.1) is 0 Å². The molecule has 2 rings (SSSR count). The minimum Gasteiger partial charge on any atom is -0.481 e. The largest absolute Gasteiger partial charge is 0.481 e. The molecule has 2 aliphatic heterocycles. The fourth-order valence-corrected chi connectivity index (χ4v) is 4.00. The average Bonchev–Trinajstić information content (AvgIpc) is 3.44. The third-order valence-electron chi connectivity index (χ3n) is 5.47. The summed E-state index contributed by atoms with van der Waals surface area (Å²) in [7, 11) is 0. The Bertz CT molecular complexity index is 772. The number of guanidine groups is 1. The quantitative estimate of drug-likeness (QED) is 0.106. The molecule has 14 nitrogen and oxygen atoms in total. The third kappa shape index (κ3) is 8.84. The first-order valence-corrected chi connectivity index (χ1v) is 11.1. The predicted octanol–water partition coefficient (Wildman–Crippen LogP) is -2.15. The van der Waals surface area contributed by atoms with Gasteiger partial charge in [0.15, 0.2) is 5.96 Å². The van der Waals surface area contributed by atoms with Crippen molar-refractivity contribution in [1.29, 1.82) is 5.41 Å². The molecule has 14 heteroatoms. The summed E-state index contributed by atoms with van der Waals surface area (Å²) in [5.74, 6) is -3.33. The zero-order chi connectivity index (χ0) is 25.8. The van der Waals surface area contributed by atoms with Gasteiger partial charge in [0.05, 0.1) is 6.54 Å². The van der Waals surface area contributed by atoms with Gasteiger partial charge in [0.25, 0.3) is 5.97 Å². The number of likely N-dealkylation sites (tertiary alicyclic amines) is 2. The van der Waals surface area contributed by atoms with Crippen LogP contribution in [0.2, 0.25) is 0 Å². The van der Waals surface area contributed by atoms with Crippen molar-refractivity contribution >= 4 is 35.6 Å². The minimum absolute atomic E-state index is 0.197. The molecular formula is C20H35N7O7. The predicted molar refractivity (Wildman–Crippen MR) is 121 cm³/mol. The monoisotopic (exact) mass is 485 g/mol. The van der Waals surface area contributed by atoms with Crippen LogP contribution in [0.3, 0.4) is 0 Å². The van der Waals surface area contributed by atoms with Gasteiger partial charge in [-0.2, -0.15) is 0 Å². The Morgan fingerprint density at radius 1 is 1.06 bits per heavy atom. The summed E-state index contributed by atoms with van der Waals surface area (Å²) in [4.78, 5) is 61.1. The molecule has 2 saturated heterocycles. The molecule has 34 heavy (non-hydrogen) atoms. The van der Waals surface area contributed by atoms with Crippen LogP contribution in [0, 0.1) is 5.41 Å². The van der Waals surface area contributed by atoms with Gasteiger partial charge in [0.2, 0.25) is 17.7 Å². The van der Waals surface area contributed by atoms with Crippen LogP contribution in [0.1, 0.15) is 45.4 Å². The number of carboxylic acid groups (broad SMARTS) is 2. The summed E-state index contributed by atoms with van der Waals surface area (Å²) in [6.45, 7) is 1.97. The third-order valence-corrected chi connectivity index (χ3v) is 5.47. The van der Waals surface area contributed by atoms with Crippen LogP contribution in [0.4, 0.5) is 0 Å². The van der Waals surface area contributed by atoms with E-state index < -0.39 is 41.9 Å². The van der Waals surface area contributed by atoms with Gasteiger partial charge >= 0.3 is 5.97 Å². The lowest BCUT2D eigenvalue weighted by atomic mass is 10.1. The van der Waals surface area contributed by atoms with Crippen LogP contribution < -0.4 is 22.1 Å². The van der Waals surface area contributed by atoms with Crippen molar-refractivity contribution in [1.82, 2.24) is 20.4 Å². The molecule has 0 unspecified atom stereocenters. The summed E-state index contributed by atoms with van der Waals surface area (Å²) in [6.07, 6.45) is 2.76. The average molecular weight is 486 g/mol. The number of carboxylic acids is 2. The Morgan fingerprint density at radius 2 is 1.62 bits per heavy atom. The molecular weight excluding hydrogens is 450 g/mol. The Balaban J connectivity index is 0.00000133. The Labute approximate surface area is 197 Å². The molecule has 3 atom stereocenters. The molecule has 0 aromatic carbocycles. The van der Waals surface area contributed by atoms with Crippen molar-refractivity contribution in [3.63, 3.8) is 0 Å². The van der Waals surface area contributed by atoms with E-state index in [2.05, 4.69) is 10.6 Å². The van der Waals surface area contributed by atoms with Crippen LogP contribution >= 0.6 is 0 Å². The van der Waals surface area contributed by atoms with Crippen molar-refractivity contribution < 1.29 is 34.2 Å². The lowest BCUT2D eigenvalue weighted by Crippen LogP contribution is -2.55. The highest BCUT2D eigenvalue weighted by Crippen LogP contribution is 2.21. The first-order chi connectivity index (χ1) is 16.0. The van der Waals surface area contributed by atoms with E-state index in [9.17, 15) is 24.3 Å². The summed E-state index contributed by atoms with van der Waals surface area (Å²) < 4.78 is 0. The van der Waals surface area contributed by atoms with E-state index in [0.717, 1.165) is 6.92 Å². The van der Waals surface area contributed by atoms with Crippen LogP contribution in [-0.2, 0) is 24.0 Å². The Kier molecular flexibility index (Phi) is 11.8. The topological polar surface area (TPSA) is 232 Å². The highest BCUT2D eigenvalue weighted by Gasteiger charge is 2.39. The number of amides is 3. The van der Waals surface area contributed by atoms with Gasteiger partial charge in [-0.05, 0) is 38.5 Å². The van der Waals surface area contributed by atoms with Crippen molar-refractivity contribution in [2.45, 2.75) is 63.6 Å². The van der Waals surface area contributed by atoms with Gasteiger partial charge in [-0.1, -0.05) is 0 Å². The van der Waals surface area contributed by atoms with E-state index in [4.69, 9.17) is 26.8 Å². The number of carbonyl (C=O) groups is 5. The highest BCUT2D eigenvalue weighted by atomic mass is 16.4. The number of aliphatic carboxylic acids is 2. The normalized spacial score (nSPS) is 20.1. The molecule has 0 bridgehead atoms. The second-order valence-corrected chi connectivity index (χ2v) is 8.04. The van der Waals surface area contributed by atoms with Crippen molar-refractivity contribution in [3.8, 4) is 0 Å². The Hall–Kier alpha value is -3.42. The maximum absolute atomic E-state index is 13.1. The van der Waals surface area contributed by atoms with E-state index in [1.165, 1.54) is 9.80 Å². The first-order valence-electron chi connectivity index (χ1n) is 11.1. The second kappa shape index (κ2) is 14.0. The number of nitrogens with zero attached hydrogens (tertiary/aromatic N) is 2. The number of hydrogen-bond acceptors (Lipinski definition) is 7. The fourth-order valence-electron chi connectivity index (χ4n) is 4.00. The standard InChI is InChI=1S/C18H31N7O5.C2H4O2/c19-10-14(26)24-8-2-5-12(24)15(27)23-11(4-1-7-22-18(20)21)16(28)25-9-3-6-13(25)17(29)30;1-2(3)4/h11-13H,1-10,19H2,(H,23,27)(H,29,30)(H4,20,21,22);1H3,(H,3,4)/t11-,12-,13-;/m0./s1. The zero-order valence-electron chi connectivity index (χ0n) is 19.3. The number of nitrogens with one attached hydrogen (secondary N) is 3. The number of hydrogen-bond donors (Lipinski definition) is 7. The molecule has 192 valence electrons. The van der Waals surface area contributed by atoms with E-state index in [1.54, 1.807) is 0 Å². The first kappa shape index (κ1) is 28.6. The SMILES string of the molecule is CC(=O)O.N=C(N)NCCC[C@H](NC(=O)[C@@H]1CCCN1C(=O)CN)C(=O)N1CCC[C@H]1C(=O)O. The maximum Gasteiger partial charge on any atom is 0.326 e. The molecule has 2 fully saturated rings. The molecule has 0 aromatic heterocycles. The highest BCUT2D eigenvalue weighted by molar-refractivity contribution is 5.94. The van der Waals surface area contributed by atoms with Gasteiger partial charge in [-0.3, -0.25) is 24.6 Å². The Morgan fingerprint density at radius 3 is 2.15 bits per heavy atom. The molecule has 0 radical (unpaired) electrons. The summed E-state index contributed by atoms with van der Waals surface area (Å²) in [6, 6.07) is -2.53. The van der Waals surface area contributed by atoms with Crippen LogP contribution in [0.5, 0.6) is 0 Å². The second-order valence-electron chi connectivity index (χ2n) is 8.04. The lowest BCUT2D eigenvalue weighted by Gasteiger charge is -2.29. The smallest absolute Gasteiger partial charge is 0.326 e. The maximum atomic E-state index is 13.1. The number of nitrogens with two attached hydrogens (primary N) is 2. The number of rotatable bonds is 9. The zero-order valence-corrected chi connectivity index (χ0v) is 19.3. The molecule has 0 aromatic rings. The van der Waals surface area contributed by atoms with Crippen LogP contribution in [0.25, 0.3) is 0 Å². The van der Waals surface area contributed by atoms with Gasteiger partial charge in [-0.25, -0.2) is 4.79 Å². The van der Waals surface area contributed by atoms with Gasteiger partial charge < -0.3 is 42.1 Å². The summed E-state index contributed by atoms with van der Waals surface area (Å²) >= 11 is 0. The molecule has 0 saturated carbocycles. The number of carbonyl (C=O) groups excluding carboxylic acids is 3. The fraction of sp³-hybridized carbons (Fsp3) is 0.700.